The number of carbonyl (C=O) groups excluding carboxylic acids is 1. The van der Waals surface area contributed by atoms with Gasteiger partial charge in [-0.1, -0.05) is 46.1 Å². The van der Waals surface area contributed by atoms with Gasteiger partial charge in [-0.2, -0.15) is 0 Å². The van der Waals surface area contributed by atoms with Crippen LogP contribution in [-0.2, 0) is 4.74 Å². The van der Waals surface area contributed by atoms with Crippen molar-refractivity contribution in [1.82, 2.24) is 9.80 Å². The highest BCUT2D eigenvalue weighted by Crippen LogP contribution is 2.18. The van der Waals surface area contributed by atoms with E-state index in [1.54, 1.807) is 0 Å². The van der Waals surface area contributed by atoms with E-state index in [2.05, 4.69) is 35.9 Å². The second-order valence-electron chi connectivity index (χ2n) is 8.08. The van der Waals surface area contributed by atoms with Crippen LogP contribution in [0.2, 0.25) is 0 Å². The molecule has 1 saturated heterocycles. The summed E-state index contributed by atoms with van der Waals surface area (Å²) >= 11 is 0. The highest BCUT2D eigenvalue weighted by atomic mass is 16.6. The molecule has 1 aliphatic heterocycles. The number of likely N-dealkylation sites (N-methyl/N-ethyl adjacent to an activating group) is 1. The van der Waals surface area contributed by atoms with E-state index in [1.165, 1.54) is 32.1 Å². The van der Waals surface area contributed by atoms with Gasteiger partial charge in [-0.15, -0.1) is 0 Å². The van der Waals surface area contributed by atoms with Crippen LogP contribution >= 0.6 is 0 Å². The molecule has 1 atom stereocenters. The van der Waals surface area contributed by atoms with E-state index >= 15 is 0 Å². The van der Waals surface area contributed by atoms with Crippen molar-refractivity contribution >= 4 is 11.8 Å². The number of nitrogens with zero attached hydrogens (tertiary/aromatic N) is 2. The van der Waals surface area contributed by atoms with Gasteiger partial charge >= 0.3 is 6.09 Å². The fraction of sp³-hybridized carbons (Fsp3) is 0.708. The molecular weight excluding hydrogens is 378 g/mol. The Morgan fingerprint density at radius 1 is 1.13 bits per heavy atom. The summed E-state index contributed by atoms with van der Waals surface area (Å²) < 4.78 is 11.7. The standard InChI is InChI=1S/C24H41N3O3/c1-4-7-8-11-17-29-22-14-12-13-21(18-22)25-24(28)30-23(19-26(5-2)6-3)20-27-15-9-10-16-27/h12-14,18,23H,4-11,15-17,19-20H2,1-3H3,(H,25,28). The van der Waals surface area contributed by atoms with E-state index in [9.17, 15) is 4.79 Å². The number of amides is 1. The van der Waals surface area contributed by atoms with E-state index < -0.39 is 6.09 Å². The molecule has 1 N–H and O–H groups in total. The second-order valence-corrected chi connectivity index (χ2v) is 8.08. The summed E-state index contributed by atoms with van der Waals surface area (Å²) in [7, 11) is 0. The Balaban J connectivity index is 1.86. The van der Waals surface area contributed by atoms with Crippen LogP contribution in [0, 0.1) is 0 Å². The summed E-state index contributed by atoms with van der Waals surface area (Å²) in [6, 6.07) is 7.55. The van der Waals surface area contributed by atoms with Crippen LogP contribution in [0.15, 0.2) is 24.3 Å². The maximum absolute atomic E-state index is 12.6. The van der Waals surface area contributed by atoms with Crippen molar-refractivity contribution in [2.24, 2.45) is 0 Å². The lowest BCUT2D eigenvalue weighted by Gasteiger charge is -2.28. The molecule has 6 nitrogen and oxygen atoms in total. The predicted molar refractivity (Wildman–Crippen MR) is 123 cm³/mol. The average Bonchev–Trinajstić information content (AvgIpc) is 3.25. The number of hydrogen-bond acceptors (Lipinski definition) is 5. The summed E-state index contributed by atoms with van der Waals surface area (Å²) in [4.78, 5) is 17.3. The molecular formula is C24H41N3O3. The quantitative estimate of drug-likeness (QED) is 0.430. The van der Waals surface area contributed by atoms with Gasteiger partial charge in [-0.3, -0.25) is 10.2 Å². The third kappa shape index (κ3) is 9.35. The molecule has 2 rings (SSSR count). The number of ether oxygens (including phenoxy) is 2. The number of unbranched alkanes of at least 4 members (excludes halogenated alkanes) is 3. The zero-order chi connectivity index (χ0) is 21.6. The monoisotopic (exact) mass is 419 g/mol. The number of carbonyl (C=O) groups is 1. The fourth-order valence-electron chi connectivity index (χ4n) is 3.84. The molecule has 1 unspecified atom stereocenters. The summed E-state index contributed by atoms with van der Waals surface area (Å²) in [5, 5.41) is 2.88. The van der Waals surface area contributed by atoms with Gasteiger partial charge in [0, 0.05) is 24.8 Å². The Kier molecular flexibility index (Phi) is 11.6. The van der Waals surface area contributed by atoms with Crippen LogP contribution < -0.4 is 10.1 Å². The zero-order valence-electron chi connectivity index (χ0n) is 19.2. The Bertz CT molecular complexity index is 597. The molecule has 1 aromatic carbocycles. The van der Waals surface area contributed by atoms with Gasteiger partial charge in [0.1, 0.15) is 11.9 Å². The van der Waals surface area contributed by atoms with Crippen molar-refractivity contribution in [3.05, 3.63) is 24.3 Å². The third-order valence-electron chi connectivity index (χ3n) is 5.64. The summed E-state index contributed by atoms with van der Waals surface area (Å²) in [5.74, 6) is 0.779. The lowest BCUT2D eigenvalue weighted by Crippen LogP contribution is -2.42. The second kappa shape index (κ2) is 14.3. The molecule has 1 amide bonds. The number of benzene rings is 1. The molecule has 0 spiro atoms. The molecule has 0 bridgehead atoms. The maximum atomic E-state index is 12.6. The van der Waals surface area contributed by atoms with E-state index in [0.29, 0.717) is 12.3 Å². The van der Waals surface area contributed by atoms with Gasteiger partial charge in [0.2, 0.25) is 0 Å². The fourth-order valence-corrected chi connectivity index (χ4v) is 3.84. The first kappa shape index (κ1) is 24.5. The highest BCUT2D eigenvalue weighted by molar-refractivity contribution is 5.85. The highest BCUT2D eigenvalue weighted by Gasteiger charge is 2.22. The Hall–Kier alpha value is -1.79. The van der Waals surface area contributed by atoms with Crippen LogP contribution in [0.3, 0.4) is 0 Å². The first-order chi connectivity index (χ1) is 14.6. The number of nitrogens with one attached hydrogen (secondary N) is 1. The van der Waals surface area contributed by atoms with Crippen molar-refractivity contribution in [1.29, 1.82) is 0 Å². The molecule has 0 saturated carbocycles. The molecule has 1 aromatic rings. The molecule has 6 heteroatoms. The largest absolute Gasteiger partial charge is 0.494 e. The summed E-state index contributed by atoms with van der Waals surface area (Å²) in [6.07, 6.45) is 6.62. The van der Waals surface area contributed by atoms with Gasteiger partial charge in [0.05, 0.1) is 6.61 Å². The SMILES string of the molecule is CCCCCCOc1cccc(NC(=O)OC(CN(CC)CC)CN2CCCC2)c1. The van der Waals surface area contributed by atoms with Gasteiger partial charge in [0.15, 0.2) is 0 Å². The normalized spacial score (nSPS) is 15.3. The molecule has 30 heavy (non-hydrogen) atoms. The Morgan fingerprint density at radius 2 is 1.90 bits per heavy atom. The molecule has 1 fully saturated rings. The van der Waals surface area contributed by atoms with Gasteiger partial charge in [-0.05, 0) is 57.6 Å². The minimum absolute atomic E-state index is 0.138. The van der Waals surface area contributed by atoms with Crippen molar-refractivity contribution in [2.75, 3.05) is 51.2 Å². The molecule has 0 aromatic heterocycles. The summed E-state index contributed by atoms with van der Waals surface area (Å²) in [5.41, 5.74) is 0.703. The molecule has 0 radical (unpaired) electrons. The van der Waals surface area contributed by atoms with Gasteiger partial charge in [-0.25, -0.2) is 4.79 Å². The Morgan fingerprint density at radius 3 is 2.60 bits per heavy atom. The smallest absolute Gasteiger partial charge is 0.411 e. The van der Waals surface area contributed by atoms with Crippen LogP contribution in [0.25, 0.3) is 0 Å². The predicted octanol–water partition coefficient (Wildman–Crippen LogP) is 5.00. The lowest BCUT2D eigenvalue weighted by molar-refractivity contribution is 0.0605. The minimum Gasteiger partial charge on any atom is -0.494 e. The Labute approximate surface area is 182 Å². The van der Waals surface area contributed by atoms with E-state index in [0.717, 1.165) is 51.4 Å². The molecule has 0 aliphatic carbocycles. The van der Waals surface area contributed by atoms with Crippen molar-refractivity contribution < 1.29 is 14.3 Å². The van der Waals surface area contributed by atoms with Gasteiger partial charge < -0.3 is 14.4 Å². The van der Waals surface area contributed by atoms with E-state index in [1.807, 2.05) is 24.3 Å². The number of anilines is 1. The molecule has 1 aliphatic rings. The van der Waals surface area contributed by atoms with E-state index in [4.69, 9.17) is 9.47 Å². The number of rotatable bonds is 14. The van der Waals surface area contributed by atoms with Crippen molar-refractivity contribution in [3.63, 3.8) is 0 Å². The first-order valence-corrected chi connectivity index (χ1v) is 11.8. The number of likely N-dealkylation sites (tertiary alicyclic amines) is 1. The number of hydrogen-bond donors (Lipinski definition) is 1. The third-order valence-corrected chi connectivity index (χ3v) is 5.64. The minimum atomic E-state index is -0.397. The van der Waals surface area contributed by atoms with Crippen LogP contribution in [0.5, 0.6) is 5.75 Å². The first-order valence-electron chi connectivity index (χ1n) is 11.8. The summed E-state index contributed by atoms with van der Waals surface area (Å²) in [6.45, 7) is 12.8. The lowest BCUT2D eigenvalue weighted by atomic mass is 10.2. The average molecular weight is 420 g/mol. The van der Waals surface area contributed by atoms with Crippen molar-refractivity contribution in [2.45, 2.75) is 65.4 Å². The van der Waals surface area contributed by atoms with E-state index in [-0.39, 0.29) is 6.10 Å². The van der Waals surface area contributed by atoms with Crippen LogP contribution in [0.1, 0.15) is 59.3 Å². The molecule has 170 valence electrons. The topological polar surface area (TPSA) is 54.0 Å². The van der Waals surface area contributed by atoms with Crippen molar-refractivity contribution in [3.8, 4) is 5.75 Å². The van der Waals surface area contributed by atoms with Gasteiger partial charge in [0.25, 0.3) is 0 Å². The maximum Gasteiger partial charge on any atom is 0.411 e. The molecule has 1 heterocycles. The van der Waals surface area contributed by atoms with Crippen LogP contribution in [0.4, 0.5) is 10.5 Å². The van der Waals surface area contributed by atoms with Crippen LogP contribution in [-0.4, -0.2) is 67.9 Å². The zero-order valence-corrected chi connectivity index (χ0v) is 19.2.